The average molecular weight is 250 g/mol. The summed E-state index contributed by atoms with van der Waals surface area (Å²) in [6, 6.07) is 5.56. The number of rotatable bonds is 3. The molecule has 0 aliphatic heterocycles. The summed E-state index contributed by atoms with van der Waals surface area (Å²) in [5, 5.41) is 9.79. The van der Waals surface area contributed by atoms with Crippen molar-refractivity contribution in [3.05, 3.63) is 28.7 Å². The third-order valence-corrected chi connectivity index (χ3v) is 2.84. The molecule has 0 unspecified atom stereocenters. The number of nitrogens with zero attached hydrogens (tertiary/aromatic N) is 2. The third-order valence-electron chi connectivity index (χ3n) is 2.84. The number of aromatic nitrogens is 1. The first kappa shape index (κ1) is 12.7. The van der Waals surface area contributed by atoms with E-state index in [1.54, 1.807) is 20.9 Å². The Morgan fingerprint density at radius 1 is 1.44 bits per heavy atom. The lowest BCUT2D eigenvalue weighted by atomic mass is 10.1. The molecule has 18 heavy (non-hydrogen) atoms. The lowest BCUT2D eigenvalue weighted by Gasteiger charge is -2.27. The van der Waals surface area contributed by atoms with Crippen LogP contribution in [0.2, 0.25) is 0 Å². The van der Waals surface area contributed by atoms with Crippen molar-refractivity contribution in [1.29, 1.82) is 0 Å². The van der Waals surface area contributed by atoms with Crippen LogP contribution in [0.4, 0.5) is 5.69 Å². The van der Waals surface area contributed by atoms with Crippen LogP contribution in [0, 0.1) is 0 Å². The van der Waals surface area contributed by atoms with Gasteiger partial charge in [-0.1, -0.05) is 0 Å². The van der Waals surface area contributed by atoms with E-state index in [0.717, 1.165) is 11.2 Å². The highest BCUT2D eigenvalue weighted by Crippen LogP contribution is 2.21. The Hall–Kier alpha value is -1.75. The molecule has 0 fully saturated rings. The average Bonchev–Trinajstić information content (AvgIpc) is 2.52. The largest absolute Gasteiger partial charge is 0.419 e. The SMILES string of the molecule is CN(CC(C)(C)O)c1ccc2c(c1)oc(=O)n2C. The predicted octanol–water partition coefficient (Wildman–Crippen LogP) is 1.34. The van der Waals surface area contributed by atoms with Crippen LogP contribution in [0.1, 0.15) is 13.8 Å². The summed E-state index contributed by atoms with van der Waals surface area (Å²) in [4.78, 5) is 13.3. The van der Waals surface area contributed by atoms with Crippen LogP contribution < -0.4 is 10.7 Å². The number of likely N-dealkylation sites (N-methyl/N-ethyl adjacent to an activating group) is 1. The highest BCUT2D eigenvalue weighted by molar-refractivity contribution is 5.77. The van der Waals surface area contributed by atoms with Crippen LogP contribution in [-0.2, 0) is 7.05 Å². The monoisotopic (exact) mass is 250 g/mol. The van der Waals surface area contributed by atoms with Crippen LogP contribution in [0.25, 0.3) is 11.1 Å². The molecule has 0 saturated carbocycles. The Morgan fingerprint density at radius 2 is 2.11 bits per heavy atom. The first-order chi connectivity index (χ1) is 8.28. The molecular weight excluding hydrogens is 232 g/mol. The van der Waals surface area contributed by atoms with Crippen molar-refractivity contribution in [3.8, 4) is 0 Å². The van der Waals surface area contributed by atoms with Gasteiger partial charge in [-0.25, -0.2) is 4.79 Å². The molecule has 1 heterocycles. The second-order valence-electron chi connectivity index (χ2n) is 5.25. The summed E-state index contributed by atoms with van der Waals surface area (Å²) in [5.74, 6) is -0.368. The maximum absolute atomic E-state index is 11.4. The first-order valence-corrected chi connectivity index (χ1v) is 5.81. The summed E-state index contributed by atoms with van der Waals surface area (Å²) in [6.07, 6.45) is 0. The Bertz CT molecular complexity index is 619. The summed E-state index contributed by atoms with van der Waals surface area (Å²) in [6.45, 7) is 4.00. The van der Waals surface area contributed by atoms with Crippen molar-refractivity contribution in [2.45, 2.75) is 19.4 Å². The van der Waals surface area contributed by atoms with E-state index in [9.17, 15) is 9.90 Å². The minimum absolute atomic E-state index is 0.368. The molecule has 0 spiro atoms. The molecule has 98 valence electrons. The van der Waals surface area contributed by atoms with Gasteiger partial charge in [0.1, 0.15) is 0 Å². The van der Waals surface area contributed by atoms with E-state index in [-0.39, 0.29) is 5.76 Å². The quantitative estimate of drug-likeness (QED) is 0.893. The standard InChI is InChI=1S/C13H18N2O3/c1-13(2,17)8-14(3)9-5-6-10-11(7-9)18-12(16)15(10)4/h5-7,17H,8H2,1-4H3. The molecule has 0 atom stereocenters. The van der Waals surface area contributed by atoms with Gasteiger partial charge in [0.15, 0.2) is 5.58 Å². The van der Waals surface area contributed by atoms with E-state index in [1.165, 1.54) is 4.57 Å². The van der Waals surface area contributed by atoms with Crippen molar-refractivity contribution in [2.75, 3.05) is 18.5 Å². The lowest BCUT2D eigenvalue weighted by molar-refractivity contribution is 0.0886. The smallest absolute Gasteiger partial charge is 0.408 e. The number of anilines is 1. The molecule has 5 nitrogen and oxygen atoms in total. The van der Waals surface area contributed by atoms with Crippen LogP contribution >= 0.6 is 0 Å². The van der Waals surface area contributed by atoms with Crippen molar-refractivity contribution in [2.24, 2.45) is 7.05 Å². The van der Waals surface area contributed by atoms with E-state index in [0.29, 0.717) is 12.1 Å². The summed E-state index contributed by atoms with van der Waals surface area (Å²) >= 11 is 0. The van der Waals surface area contributed by atoms with Crippen molar-refractivity contribution in [3.63, 3.8) is 0 Å². The zero-order chi connectivity index (χ0) is 13.5. The number of benzene rings is 1. The zero-order valence-electron chi connectivity index (χ0n) is 11.1. The molecule has 0 radical (unpaired) electrons. The fourth-order valence-electron chi connectivity index (χ4n) is 2.03. The van der Waals surface area contributed by atoms with Gasteiger partial charge in [0.05, 0.1) is 11.1 Å². The maximum Gasteiger partial charge on any atom is 0.419 e. The van der Waals surface area contributed by atoms with Gasteiger partial charge >= 0.3 is 5.76 Å². The summed E-state index contributed by atoms with van der Waals surface area (Å²) in [5.41, 5.74) is 1.45. The second-order valence-corrected chi connectivity index (χ2v) is 5.25. The van der Waals surface area contributed by atoms with E-state index in [1.807, 2.05) is 30.1 Å². The number of fused-ring (bicyclic) bond motifs is 1. The second kappa shape index (κ2) is 4.17. The van der Waals surface area contributed by atoms with Crippen molar-refractivity contribution >= 4 is 16.8 Å². The van der Waals surface area contributed by atoms with Crippen LogP contribution in [-0.4, -0.2) is 28.9 Å². The fraction of sp³-hybridized carbons (Fsp3) is 0.462. The van der Waals surface area contributed by atoms with Crippen LogP contribution in [0.3, 0.4) is 0 Å². The third kappa shape index (κ3) is 2.41. The molecule has 0 aliphatic rings. The minimum Gasteiger partial charge on any atom is -0.408 e. The number of hydrogen-bond donors (Lipinski definition) is 1. The van der Waals surface area contributed by atoms with Gasteiger partial charge in [-0.05, 0) is 26.0 Å². The van der Waals surface area contributed by atoms with E-state index < -0.39 is 5.60 Å². The molecule has 1 aromatic carbocycles. The van der Waals surface area contributed by atoms with Gasteiger partial charge in [-0.2, -0.15) is 0 Å². The predicted molar refractivity (Wildman–Crippen MR) is 71.0 cm³/mol. The highest BCUT2D eigenvalue weighted by Gasteiger charge is 2.17. The van der Waals surface area contributed by atoms with Crippen LogP contribution in [0.5, 0.6) is 0 Å². The minimum atomic E-state index is -0.777. The Labute approximate surface area is 105 Å². The molecule has 1 aromatic heterocycles. The Morgan fingerprint density at radius 3 is 2.72 bits per heavy atom. The molecule has 0 bridgehead atoms. The molecule has 0 saturated heterocycles. The molecular formula is C13H18N2O3. The van der Waals surface area contributed by atoms with Gasteiger partial charge < -0.3 is 14.4 Å². The van der Waals surface area contributed by atoms with E-state index in [2.05, 4.69) is 0 Å². The Kier molecular flexibility index (Phi) is 2.94. The zero-order valence-corrected chi connectivity index (χ0v) is 11.1. The number of hydrogen-bond acceptors (Lipinski definition) is 4. The lowest BCUT2D eigenvalue weighted by Crippen LogP contribution is -2.36. The van der Waals surface area contributed by atoms with Crippen LogP contribution in [0.15, 0.2) is 27.4 Å². The molecule has 2 rings (SSSR count). The normalized spacial score (nSPS) is 12.1. The maximum atomic E-state index is 11.4. The number of oxazole rings is 1. The van der Waals surface area contributed by atoms with E-state index in [4.69, 9.17) is 4.42 Å². The van der Waals surface area contributed by atoms with Gasteiger partial charge in [-0.15, -0.1) is 0 Å². The first-order valence-electron chi connectivity index (χ1n) is 5.81. The molecule has 0 amide bonds. The highest BCUT2D eigenvalue weighted by atomic mass is 16.4. The van der Waals surface area contributed by atoms with Gasteiger partial charge in [0.25, 0.3) is 0 Å². The molecule has 5 heteroatoms. The molecule has 2 aromatic rings. The van der Waals surface area contributed by atoms with Gasteiger partial charge in [-0.3, -0.25) is 4.57 Å². The van der Waals surface area contributed by atoms with Crippen molar-refractivity contribution < 1.29 is 9.52 Å². The topological polar surface area (TPSA) is 58.6 Å². The Balaban J connectivity index is 2.38. The van der Waals surface area contributed by atoms with Gasteiger partial charge in [0, 0.05) is 32.4 Å². The molecule has 1 N–H and O–H groups in total. The molecule has 0 aliphatic carbocycles. The van der Waals surface area contributed by atoms with Crippen molar-refractivity contribution in [1.82, 2.24) is 4.57 Å². The summed E-state index contributed by atoms with van der Waals surface area (Å²) < 4.78 is 6.61. The van der Waals surface area contributed by atoms with Gasteiger partial charge in [0.2, 0.25) is 0 Å². The number of aliphatic hydroxyl groups is 1. The number of aryl methyl sites for hydroxylation is 1. The van der Waals surface area contributed by atoms with E-state index >= 15 is 0 Å². The fourth-order valence-corrected chi connectivity index (χ4v) is 2.03. The summed E-state index contributed by atoms with van der Waals surface area (Å²) in [7, 11) is 3.56.